The maximum absolute atomic E-state index is 11.6. The predicted molar refractivity (Wildman–Crippen MR) is 113 cm³/mol. The molecule has 2 rings (SSSR count). The Morgan fingerprint density at radius 2 is 1.93 bits per heavy atom. The summed E-state index contributed by atoms with van der Waals surface area (Å²) in [6, 6.07) is -0.228. The van der Waals surface area contributed by atoms with Crippen molar-refractivity contribution in [3.8, 4) is 0 Å². The minimum atomic E-state index is -3.39. The zero-order chi connectivity index (χ0) is 21.6. The van der Waals surface area contributed by atoms with E-state index in [4.69, 9.17) is 42.5 Å². The molecule has 29 heavy (non-hydrogen) atoms. The molecule has 5 atom stereocenters. The van der Waals surface area contributed by atoms with E-state index in [2.05, 4.69) is 10.6 Å². The van der Waals surface area contributed by atoms with E-state index in [9.17, 15) is 14.5 Å². The molecule has 0 saturated heterocycles. The summed E-state index contributed by atoms with van der Waals surface area (Å²) in [6.45, 7) is -2.51. The Hall–Kier alpha value is -0.980. The Bertz CT molecular complexity index is 690. The Balaban J connectivity index is 1.92. The average Bonchev–Trinajstić information content (AvgIpc) is 3.15. The number of thiocarbonyl (C=S) groups is 1. The van der Waals surface area contributed by atoms with E-state index in [1.54, 1.807) is 7.11 Å². The summed E-state index contributed by atoms with van der Waals surface area (Å²) in [5.41, 5.74) is 0. The standard InChI is InChI=1S/C16H26N3O7PS2/c1-23-9-10-8-11(15(24-2)14(10)26-27(22,29)25-3)18-16(28)17-6-7-19-12(20)4-5-13(19)21/h4-5,10-11,14-15H,6-9H2,1-3H3,(H,22,29)(H2,17,18,28)/t10-,11+,14?,15-,27?/m1/s1. The summed E-state index contributed by atoms with van der Waals surface area (Å²) in [5.74, 6) is -0.779. The topological polar surface area (TPSA) is 119 Å². The molecule has 0 radical (unpaired) electrons. The number of carbonyl (C=O) groups is 2. The monoisotopic (exact) mass is 467 g/mol. The molecular formula is C16H26N3O7PS2. The lowest BCUT2D eigenvalue weighted by Gasteiger charge is -2.28. The largest absolute Gasteiger partial charge is 0.384 e. The molecule has 1 aliphatic heterocycles. The lowest BCUT2D eigenvalue weighted by Crippen LogP contribution is -2.49. The van der Waals surface area contributed by atoms with Gasteiger partial charge in [-0.25, -0.2) is 0 Å². The summed E-state index contributed by atoms with van der Waals surface area (Å²) in [6.07, 6.45) is 2.08. The first kappa shape index (κ1) is 24.3. The van der Waals surface area contributed by atoms with Gasteiger partial charge >= 0.3 is 6.72 Å². The zero-order valence-electron chi connectivity index (χ0n) is 16.4. The zero-order valence-corrected chi connectivity index (χ0v) is 18.9. The van der Waals surface area contributed by atoms with Gasteiger partial charge in [0.2, 0.25) is 0 Å². The van der Waals surface area contributed by atoms with Crippen molar-refractivity contribution in [2.75, 3.05) is 41.0 Å². The molecule has 10 nitrogen and oxygen atoms in total. The SMILES string of the molecule is COC[C@H]1C[C@H](NC(=S)NCCN2C(=O)C=CC2=O)[C@@H](OC)C1OP(O)(=S)OC. The highest BCUT2D eigenvalue weighted by molar-refractivity contribution is 8.07. The maximum atomic E-state index is 11.6. The molecule has 13 heteroatoms. The molecule has 2 aliphatic rings. The molecule has 1 saturated carbocycles. The van der Waals surface area contributed by atoms with E-state index in [0.29, 0.717) is 24.7 Å². The third-order valence-electron chi connectivity index (χ3n) is 4.72. The molecule has 164 valence electrons. The number of rotatable bonds is 10. The van der Waals surface area contributed by atoms with Crippen molar-refractivity contribution in [1.29, 1.82) is 0 Å². The first-order valence-electron chi connectivity index (χ1n) is 8.89. The second-order valence-corrected chi connectivity index (χ2v) is 9.85. The highest BCUT2D eigenvalue weighted by Crippen LogP contribution is 2.48. The van der Waals surface area contributed by atoms with Crippen molar-refractivity contribution in [3.05, 3.63) is 12.2 Å². The first-order chi connectivity index (χ1) is 13.7. The van der Waals surface area contributed by atoms with Crippen LogP contribution in [0.5, 0.6) is 0 Å². The molecular weight excluding hydrogens is 441 g/mol. The van der Waals surface area contributed by atoms with Crippen LogP contribution >= 0.6 is 18.9 Å². The number of amides is 2. The first-order valence-corrected chi connectivity index (χ1v) is 11.9. The van der Waals surface area contributed by atoms with Gasteiger partial charge in [-0.2, -0.15) is 0 Å². The second-order valence-electron chi connectivity index (χ2n) is 6.54. The number of ether oxygens (including phenoxy) is 2. The van der Waals surface area contributed by atoms with E-state index in [1.807, 2.05) is 0 Å². The lowest BCUT2D eigenvalue weighted by molar-refractivity contribution is -0.136. The molecule has 0 aromatic heterocycles. The van der Waals surface area contributed by atoms with Gasteiger partial charge in [-0.05, 0) is 30.4 Å². The van der Waals surface area contributed by atoms with Gasteiger partial charge in [-0.15, -0.1) is 0 Å². The van der Waals surface area contributed by atoms with Crippen molar-refractivity contribution in [3.63, 3.8) is 0 Å². The number of imide groups is 1. The molecule has 1 aliphatic carbocycles. The third kappa shape index (κ3) is 6.50. The van der Waals surface area contributed by atoms with Crippen LogP contribution in [-0.2, 0) is 39.9 Å². The van der Waals surface area contributed by atoms with E-state index in [1.165, 1.54) is 26.4 Å². The lowest BCUT2D eigenvalue weighted by atomic mass is 10.1. The van der Waals surface area contributed by atoms with E-state index < -0.39 is 18.9 Å². The summed E-state index contributed by atoms with van der Waals surface area (Å²) >= 11 is 10.3. The van der Waals surface area contributed by atoms with Gasteiger partial charge in [-0.1, -0.05) is 0 Å². The van der Waals surface area contributed by atoms with Crippen molar-refractivity contribution in [2.24, 2.45) is 5.92 Å². The molecule has 1 fully saturated rings. The van der Waals surface area contributed by atoms with Crippen molar-refractivity contribution < 1.29 is 33.0 Å². The van der Waals surface area contributed by atoms with Crippen LogP contribution in [0.15, 0.2) is 12.2 Å². The third-order valence-corrected chi connectivity index (χ3v) is 6.66. The van der Waals surface area contributed by atoms with Crippen LogP contribution in [0.2, 0.25) is 0 Å². The van der Waals surface area contributed by atoms with Crippen LogP contribution in [0.1, 0.15) is 6.42 Å². The minimum Gasteiger partial charge on any atom is -0.384 e. The van der Waals surface area contributed by atoms with Crippen LogP contribution in [-0.4, -0.2) is 86.0 Å². The smallest absolute Gasteiger partial charge is 0.324 e. The second kappa shape index (κ2) is 10.9. The molecule has 0 spiro atoms. The highest BCUT2D eigenvalue weighted by Gasteiger charge is 2.47. The van der Waals surface area contributed by atoms with Gasteiger partial charge < -0.3 is 34.0 Å². The van der Waals surface area contributed by atoms with Gasteiger partial charge in [0, 0.05) is 52.5 Å². The Morgan fingerprint density at radius 1 is 1.28 bits per heavy atom. The predicted octanol–water partition coefficient (Wildman–Crippen LogP) is -0.326. The normalized spacial score (nSPS) is 28.6. The highest BCUT2D eigenvalue weighted by atomic mass is 32.5. The van der Waals surface area contributed by atoms with Crippen LogP contribution in [0, 0.1) is 5.92 Å². The molecule has 0 aromatic rings. The quantitative estimate of drug-likeness (QED) is 0.223. The van der Waals surface area contributed by atoms with Crippen LogP contribution < -0.4 is 10.6 Å². The number of carbonyl (C=O) groups excluding carboxylic acids is 2. The summed E-state index contributed by atoms with van der Waals surface area (Å²) < 4.78 is 21.4. The molecule has 1 heterocycles. The Morgan fingerprint density at radius 3 is 2.48 bits per heavy atom. The van der Waals surface area contributed by atoms with Crippen LogP contribution in [0.3, 0.4) is 0 Å². The fraction of sp³-hybridized carbons (Fsp3) is 0.688. The van der Waals surface area contributed by atoms with Gasteiger partial charge in [0.1, 0.15) is 12.2 Å². The van der Waals surface area contributed by atoms with Gasteiger partial charge in [0.05, 0.1) is 12.6 Å². The number of nitrogens with zero attached hydrogens (tertiary/aromatic N) is 1. The Kier molecular flexibility index (Phi) is 9.11. The summed E-state index contributed by atoms with van der Waals surface area (Å²) in [7, 11) is 4.41. The Labute approximate surface area is 180 Å². The van der Waals surface area contributed by atoms with Crippen molar-refractivity contribution >= 4 is 47.7 Å². The number of hydrogen-bond acceptors (Lipinski definition) is 8. The number of nitrogens with one attached hydrogen (secondary N) is 2. The van der Waals surface area contributed by atoms with Crippen LogP contribution in [0.25, 0.3) is 0 Å². The van der Waals surface area contributed by atoms with Gasteiger partial charge in [0.25, 0.3) is 11.8 Å². The van der Waals surface area contributed by atoms with Crippen molar-refractivity contribution in [2.45, 2.75) is 24.7 Å². The van der Waals surface area contributed by atoms with Crippen LogP contribution in [0.4, 0.5) is 0 Å². The molecule has 0 bridgehead atoms. The van der Waals surface area contributed by atoms with E-state index in [-0.39, 0.29) is 30.3 Å². The fourth-order valence-electron chi connectivity index (χ4n) is 3.40. The van der Waals surface area contributed by atoms with Crippen molar-refractivity contribution in [1.82, 2.24) is 15.5 Å². The van der Waals surface area contributed by atoms with Gasteiger partial charge in [0.15, 0.2) is 5.11 Å². The number of methoxy groups -OCH3 is 2. The summed E-state index contributed by atoms with van der Waals surface area (Å²) in [5, 5.41) is 6.48. The average molecular weight is 468 g/mol. The minimum absolute atomic E-state index is 0.0965. The molecule has 2 unspecified atom stereocenters. The maximum Gasteiger partial charge on any atom is 0.324 e. The van der Waals surface area contributed by atoms with Gasteiger partial charge in [-0.3, -0.25) is 14.5 Å². The molecule has 3 N–H and O–H groups in total. The molecule has 2 amide bonds. The molecule has 0 aromatic carbocycles. The number of hydrogen-bond donors (Lipinski definition) is 3. The fourth-order valence-corrected chi connectivity index (χ4v) is 4.64. The van der Waals surface area contributed by atoms with E-state index >= 15 is 0 Å². The summed E-state index contributed by atoms with van der Waals surface area (Å²) in [4.78, 5) is 34.3. The van der Waals surface area contributed by atoms with E-state index in [0.717, 1.165) is 4.90 Å².